The van der Waals surface area contributed by atoms with Crippen LogP contribution >= 0.6 is 0 Å². The van der Waals surface area contributed by atoms with E-state index in [1.807, 2.05) is 0 Å². The summed E-state index contributed by atoms with van der Waals surface area (Å²) in [5, 5.41) is 3.74. The monoisotopic (exact) mass is 296 g/mol. The van der Waals surface area contributed by atoms with Crippen LogP contribution in [0.1, 0.15) is 74.1 Å². The first-order valence-corrected chi connectivity index (χ1v) is 9.12. The van der Waals surface area contributed by atoms with Gasteiger partial charge >= 0.3 is 0 Å². The molecule has 0 radical (unpaired) electrons. The first-order chi connectivity index (χ1) is 9.65. The minimum absolute atomic E-state index is 0.222. The van der Waals surface area contributed by atoms with Crippen LogP contribution in [-0.4, -0.2) is 36.6 Å². The summed E-state index contributed by atoms with van der Waals surface area (Å²) in [6.07, 6.45) is 5.39. The zero-order chi connectivity index (χ0) is 16.1. The molecule has 126 valence electrons. The van der Waals surface area contributed by atoms with Crippen molar-refractivity contribution < 1.29 is 0 Å². The van der Waals surface area contributed by atoms with Crippen LogP contribution < -0.4 is 5.32 Å². The van der Waals surface area contributed by atoms with Gasteiger partial charge < -0.3 is 10.2 Å². The van der Waals surface area contributed by atoms with E-state index in [1.165, 1.54) is 45.3 Å². The van der Waals surface area contributed by atoms with Gasteiger partial charge in [0.1, 0.15) is 0 Å². The highest BCUT2D eigenvalue weighted by molar-refractivity contribution is 4.86. The second-order valence-electron chi connectivity index (χ2n) is 9.02. The Morgan fingerprint density at radius 3 is 2.10 bits per heavy atom. The van der Waals surface area contributed by atoms with Crippen LogP contribution in [0.5, 0.6) is 0 Å². The first kappa shape index (κ1) is 19.0. The van der Waals surface area contributed by atoms with Crippen molar-refractivity contribution in [2.75, 3.05) is 26.2 Å². The summed E-state index contributed by atoms with van der Waals surface area (Å²) in [5.74, 6) is 1.81. The van der Waals surface area contributed by atoms with E-state index in [4.69, 9.17) is 0 Å². The Labute approximate surface area is 134 Å². The van der Waals surface area contributed by atoms with Crippen LogP contribution in [0.4, 0.5) is 0 Å². The minimum atomic E-state index is 0.222. The molecule has 1 unspecified atom stereocenters. The van der Waals surface area contributed by atoms with Crippen LogP contribution in [0.25, 0.3) is 0 Å². The van der Waals surface area contributed by atoms with Crippen molar-refractivity contribution in [3.05, 3.63) is 0 Å². The van der Waals surface area contributed by atoms with E-state index in [1.54, 1.807) is 0 Å². The Hall–Kier alpha value is -0.0800. The maximum Gasteiger partial charge on any atom is 0.00967 e. The molecule has 0 amide bonds. The predicted molar refractivity (Wildman–Crippen MR) is 94.8 cm³/mol. The Morgan fingerprint density at radius 2 is 1.67 bits per heavy atom. The summed E-state index contributed by atoms with van der Waals surface area (Å²) < 4.78 is 0. The normalized spacial score (nSPS) is 21.7. The highest BCUT2D eigenvalue weighted by Crippen LogP contribution is 2.29. The van der Waals surface area contributed by atoms with E-state index in [9.17, 15) is 0 Å². The average molecular weight is 297 g/mol. The van der Waals surface area contributed by atoms with E-state index in [-0.39, 0.29) is 5.54 Å². The maximum absolute atomic E-state index is 3.74. The molecule has 2 nitrogen and oxygen atoms in total. The summed E-state index contributed by atoms with van der Waals surface area (Å²) in [5.41, 5.74) is 0.631. The number of likely N-dealkylation sites (tertiary alicyclic amines) is 1. The van der Waals surface area contributed by atoms with Gasteiger partial charge in [-0.2, -0.15) is 0 Å². The molecule has 1 heterocycles. The van der Waals surface area contributed by atoms with E-state index in [0.29, 0.717) is 5.41 Å². The molecular formula is C19H40N2. The summed E-state index contributed by atoms with van der Waals surface area (Å²) in [6.45, 7) is 21.4. The molecule has 0 aromatic rings. The van der Waals surface area contributed by atoms with Crippen LogP contribution in [0.3, 0.4) is 0 Å². The molecule has 1 aliphatic heterocycles. The average Bonchev–Trinajstić information content (AvgIpc) is 2.37. The van der Waals surface area contributed by atoms with Crippen molar-refractivity contribution >= 4 is 0 Å². The standard InChI is InChI=1S/C19H40N2/c1-8-11-19(7,14-20-18(4,5)6)15-21-12-9-17(10-13-21)16(2)3/h16-17,20H,8-15H2,1-7H3. The lowest BCUT2D eigenvalue weighted by Gasteiger charge is -2.41. The predicted octanol–water partition coefficient (Wildman–Crippen LogP) is 4.55. The van der Waals surface area contributed by atoms with Gasteiger partial charge in [-0.3, -0.25) is 0 Å². The Morgan fingerprint density at radius 1 is 1.10 bits per heavy atom. The lowest BCUT2D eigenvalue weighted by Crippen LogP contribution is -2.49. The molecule has 1 N–H and O–H groups in total. The number of rotatable bonds is 7. The molecule has 0 aromatic carbocycles. The molecule has 0 saturated carbocycles. The Kier molecular flexibility index (Phi) is 7.19. The number of hydrogen-bond acceptors (Lipinski definition) is 2. The molecule has 1 atom stereocenters. The van der Waals surface area contributed by atoms with Gasteiger partial charge in [-0.15, -0.1) is 0 Å². The largest absolute Gasteiger partial charge is 0.311 e. The lowest BCUT2D eigenvalue weighted by molar-refractivity contribution is 0.0951. The third-order valence-electron chi connectivity index (χ3n) is 5.08. The topological polar surface area (TPSA) is 15.3 Å². The quantitative estimate of drug-likeness (QED) is 0.741. The van der Waals surface area contributed by atoms with E-state index in [0.717, 1.165) is 18.4 Å². The summed E-state index contributed by atoms with van der Waals surface area (Å²) in [6, 6.07) is 0. The zero-order valence-corrected chi connectivity index (χ0v) is 15.8. The molecule has 1 saturated heterocycles. The van der Waals surface area contributed by atoms with Crippen molar-refractivity contribution in [1.82, 2.24) is 10.2 Å². The Bertz CT molecular complexity index is 284. The second-order valence-corrected chi connectivity index (χ2v) is 9.02. The SMILES string of the molecule is CCCC(C)(CNC(C)(C)C)CN1CCC(C(C)C)CC1. The van der Waals surface area contributed by atoms with Crippen molar-refractivity contribution in [2.45, 2.75) is 79.7 Å². The van der Waals surface area contributed by atoms with Gasteiger partial charge in [0, 0.05) is 18.6 Å². The van der Waals surface area contributed by atoms with Crippen LogP contribution in [0.15, 0.2) is 0 Å². The molecular weight excluding hydrogens is 256 g/mol. The van der Waals surface area contributed by atoms with Gasteiger partial charge in [-0.1, -0.05) is 34.1 Å². The highest BCUT2D eigenvalue weighted by Gasteiger charge is 2.30. The zero-order valence-electron chi connectivity index (χ0n) is 15.8. The van der Waals surface area contributed by atoms with Gasteiger partial charge in [0.2, 0.25) is 0 Å². The maximum atomic E-state index is 3.74. The van der Waals surface area contributed by atoms with Crippen molar-refractivity contribution in [3.8, 4) is 0 Å². The molecule has 1 aliphatic rings. The van der Waals surface area contributed by atoms with Gasteiger partial charge in [-0.25, -0.2) is 0 Å². The molecule has 0 spiro atoms. The number of piperidine rings is 1. The fourth-order valence-electron chi connectivity index (χ4n) is 3.62. The van der Waals surface area contributed by atoms with Crippen LogP contribution in [0, 0.1) is 17.3 Å². The van der Waals surface area contributed by atoms with Crippen LogP contribution in [-0.2, 0) is 0 Å². The number of nitrogens with zero attached hydrogens (tertiary/aromatic N) is 1. The lowest BCUT2D eigenvalue weighted by atomic mass is 9.82. The molecule has 0 bridgehead atoms. The third kappa shape index (κ3) is 7.15. The van der Waals surface area contributed by atoms with E-state index in [2.05, 4.69) is 58.7 Å². The summed E-state index contributed by atoms with van der Waals surface area (Å²) in [4.78, 5) is 2.72. The second kappa shape index (κ2) is 7.97. The van der Waals surface area contributed by atoms with Gasteiger partial charge in [0.25, 0.3) is 0 Å². The molecule has 21 heavy (non-hydrogen) atoms. The molecule has 1 fully saturated rings. The molecule has 0 aliphatic carbocycles. The summed E-state index contributed by atoms with van der Waals surface area (Å²) >= 11 is 0. The van der Waals surface area contributed by atoms with Crippen molar-refractivity contribution in [3.63, 3.8) is 0 Å². The van der Waals surface area contributed by atoms with Gasteiger partial charge in [0.05, 0.1) is 0 Å². The highest BCUT2D eigenvalue weighted by atomic mass is 15.1. The fraction of sp³-hybridized carbons (Fsp3) is 1.00. The minimum Gasteiger partial charge on any atom is -0.311 e. The smallest absolute Gasteiger partial charge is 0.00967 e. The molecule has 2 heteroatoms. The van der Waals surface area contributed by atoms with Crippen molar-refractivity contribution in [2.24, 2.45) is 17.3 Å². The first-order valence-electron chi connectivity index (χ1n) is 9.12. The van der Waals surface area contributed by atoms with E-state index < -0.39 is 0 Å². The van der Waals surface area contributed by atoms with Gasteiger partial charge in [0.15, 0.2) is 0 Å². The number of nitrogens with one attached hydrogen (secondary N) is 1. The number of hydrogen-bond donors (Lipinski definition) is 1. The third-order valence-corrected chi connectivity index (χ3v) is 5.08. The Balaban J connectivity index is 2.50. The van der Waals surface area contributed by atoms with E-state index >= 15 is 0 Å². The summed E-state index contributed by atoms with van der Waals surface area (Å²) in [7, 11) is 0. The van der Waals surface area contributed by atoms with Crippen molar-refractivity contribution in [1.29, 1.82) is 0 Å². The fourth-order valence-corrected chi connectivity index (χ4v) is 3.62. The molecule has 1 rings (SSSR count). The van der Waals surface area contributed by atoms with Crippen LogP contribution in [0.2, 0.25) is 0 Å². The molecule has 0 aromatic heterocycles. The van der Waals surface area contributed by atoms with Gasteiger partial charge in [-0.05, 0) is 70.4 Å².